The SMILES string of the molecule is Cc1ccc2c(c1)nc(CCCl)n2-c1cccc(Br)c1C. The second-order valence-electron chi connectivity index (χ2n) is 5.18. The van der Waals surface area contributed by atoms with Gasteiger partial charge in [-0.3, -0.25) is 4.57 Å². The third kappa shape index (κ3) is 2.60. The topological polar surface area (TPSA) is 17.8 Å². The molecular weight excluding hydrogens is 348 g/mol. The first kappa shape index (κ1) is 14.6. The van der Waals surface area contributed by atoms with Crippen LogP contribution in [0.25, 0.3) is 16.7 Å². The van der Waals surface area contributed by atoms with E-state index in [1.165, 1.54) is 11.1 Å². The molecule has 2 aromatic carbocycles. The normalized spacial score (nSPS) is 11.2. The zero-order chi connectivity index (χ0) is 15.0. The summed E-state index contributed by atoms with van der Waals surface area (Å²) in [4.78, 5) is 4.77. The maximum Gasteiger partial charge on any atom is 0.115 e. The minimum atomic E-state index is 0.565. The van der Waals surface area contributed by atoms with Gasteiger partial charge in [0.2, 0.25) is 0 Å². The molecule has 0 aliphatic carbocycles. The van der Waals surface area contributed by atoms with E-state index in [1.54, 1.807) is 0 Å². The van der Waals surface area contributed by atoms with E-state index < -0.39 is 0 Å². The van der Waals surface area contributed by atoms with Crippen LogP contribution in [0.4, 0.5) is 0 Å². The van der Waals surface area contributed by atoms with Crippen molar-refractivity contribution in [3.8, 4) is 5.69 Å². The predicted molar refractivity (Wildman–Crippen MR) is 92.7 cm³/mol. The van der Waals surface area contributed by atoms with Gasteiger partial charge >= 0.3 is 0 Å². The lowest BCUT2D eigenvalue weighted by Crippen LogP contribution is -2.04. The number of nitrogens with zero attached hydrogens (tertiary/aromatic N) is 2. The quantitative estimate of drug-likeness (QED) is 0.586. The van der Waals surface area contributed by atoms with E-state index in [4.69, 9.17) is 16.6 Å². The van der Waals surface area contributed by atoms with E-state index >= 15 is 0 Å². The summed E-state index contributed by atoms with van der Waals surface area (Å²) < 4.78 is 3.32. The van der Waals surface area contributed by atoms with Crippen LogP contribution in [0.1, 0.15) is 17.0 Å². The van der Waals surface area contributed by atoms with Crippen LogP contribution in [0.15, 0.2) is 40.9 Å². The second kappa shape index (κ2) is 5.82. The highest BCUT2D eigenvalue weighted by atomic mass is 79.9. The highest BCUT2D eigenvalue weighted by Crippen LogP contribution is 2.28. The summed E-state index contributed by atoms with van der Waals surface area (Å²) >= 11 is 9.57. The molecule has 0 aliphatic heterocycles. The Kier molecular flexibility index (Phi) is 4.05. The average molecular weight is 364 g/mol. The molecule has 0 amide bonds. The van der Waals surface area contributed by atoms with Gasteiger partial charge in [0.1, 0.15) is 5.82 Å². The molecule has 4 heteroatoms. The summed E-state index contributed by atoms with van der Waals surface area (Å²) in [6.45, 7) is 4.20. The van der Waals surface area contributed by atoms with Crippen LogP contribution in [0.5, 0.6) is 0 Å². The molecule has 21 heavy (non-hydrogen) atoms. The van der Waals surface area contributed by atoms with Crippen molar-refractivity contribution in [2.75, 3.05) is 5.88 Å². The summed E-state index contributed by atoms with van der Waals surface area (Å²) in [5.74, 6) is 1.57. The molecule has 3 rings (SSSR count). The van der Waals surface area contributed by atoms with Crippen LogP contribution in [-0.4, -0.2) is 15.4 Å². The minimum Gasteiger partial charge on any atom is -0.296 e. The highest BCUT2D eigenvalue weighted by molar-refractivity contribution is 9.10. The Morgan fingerprint density at radius 1 is 1.19 bits per heavy atom. The lowest BCUT2D eigenvalue weighted by molar-refractivity contribution is 0.906. The molecule has 0 spiro atoms. The molecule has 0 aliphatic rings. The van der Waals surface area contributed by atoms with Crippen molar-refractivity contribution in [2.24, 2.45) is 0 Å². The van der Waals surface area contributed by atoms with Gasteiger partial charge in [-0.25, -0.2) is 4.98 Å². The van der Waals surface area contributed by atoms with Gasteiger partial charge in [0.15, 0.2) is 0 Å². The number of aryl methyl sites for hydroxylation is 2. The van der Waals surface area contributed by atoms with E-state index in [0.29, 0.717) is 5.88 Å². The Labute approximate surface area is 137 Å². The number of rotatable bonds is 3. The molecule has 0 radical (unpaired) electrons. The van der Waals surface area contributed by atoms with Crippen LogP contribution in [0, 0.1) is 13.8 Å². The molecule has 2 nitrogen and oxygen atoms in total. The van der Waals surface area contributed by atoms with E-state index in [2.05, 4.69) is 70.7 Å². The van der Waals surface area contributed by atoms with Gasteiger partial charge < -0.3 is 0 Å². The smallest absolute Gasteiger partial charge is 0.115 e. The molecule has 0 fully saturated rings. The number of hydrogen-bond donors (Lipinski definition) is 0. The van der Waals surface area contributed by atoms with Crippen molar-refractivity contribution >= 4 is 38.6 Å². The maximum atomic E-state index is 5.96. The molecule has 0 N–H and O–H groups in total. The summed E-state index contributed by atoms with van der Waals surface area (Å²) in [5.41, 5.74) is 5.72. The Morgan fingerprint density at radius 2 is 2.00 bits per heavy atom. The summed E-state index contributed by atoms with van der Waals surface area (Å²) in [5, 5.41) is 0. The Bertz CT molecular complexity index is 808. The average Bonchev–Trinajstić information content (AvgIpc) is 2.79. The molecule has 0 bridgehead atoms. The number of imidazole rings is 1. The van der Waals surface area contributed by atoms with E-state index in [0.717, 1.165) is 33.4 Å². The number of benzene rings is 2. The van der Waals surface area contributed by atoms with Crippen molar-refractivity contribution in [1.29, 1.82) is 0 Å². The van der Waals surface area contributed by atoms with Crippen LogP contribution in [0.2, 0.25) is 0 Å². The minimum absolute atomic E-state index is 0.565. The number of hydrogen-bond acceptors (Lipinski definition) is 1. The number of aromatic nitrogens is 2. The van der Waals surface area contributed by atoms with Gasteiger partial charge in [0.05, 0.1) is 16.7 Å². The molecular formula is C17H16BrClN2. The molecule has 3 aromatic rings. The fraction of sp³-hybridized carbons (Fsp3) is 0.235. The molecule has 108 valence electrons. The van der Waals surface area contributed by atoms with Crippen LogP contribution in [0.3, 0.4) is 0 Å². The largest absolute Gasteiger partial charge is 0.296 e. The summed E-state index contributed by atoms with van der Waals surface area (Å²) in [6.07, 6.45) is 0.751. The highest BCUT2D eigenvalue weighted by Gasteiger charge is 2.14. The number of halogens is 2. The Morgan fingerprint density at radius 3 is 2.76 bits per heavy atom. The van der Waals surface area contributed by atoms with Crippen molar-refractivity contribution in [2.45, 2.75) is 20.3 Å². The second-order valence-corrected chi connectivity index (χ2v) is 6.41. The van der Waals surface area contributed by atoms with E-state index in [9.17, 15) is 0 Å². The van der Waals surface area contributed by atoms with Crippen LogP contribution >= 0.6 is 27.5 Å². The number of alkyl halides is 1. The monoisotopic (exact) mass is 362 g/mol. The van der Waals surface area contributed by atoms with Gasteiger partial charge in [-0.05, 0) is 49.2 Å². The molecule has 0 unspecified atom stereocenters. The van der Waals surface area contributed by atoms with Crippen molar-refractivity contribution < 1.29 is 0 Å². The van der Waals surface area contributed by atoms with Gasteiger partial charge in [-0.15, -0.1) is 11.6 Å². The lowest BCUT2D eigenvalue weighted by atomic mass is 10.1. The molecule has 0 atom stereocenters. The van der Waals surface area contributed by atoms with E-state index in [1.807, 2.05) is 0 Å². The van der Waals surface area contributed by atoms with Gasteiger partial charge in [-0.1, -0.05) is 28.1 Å². The van der Waals surface area contributed by atoms with Crippen molar-refractivity contribution in [3.63, 3.8) is 0 Å². The van der Waals surface area contributed by atoms with Crippen LogP contribution in [-0.2, 0) is 6.42 Å². The molecule has 0 saturated heterocycles. The fourth-order valence-electron chi connectivity index (χ4n) is 2.60. The van der Waals surface area contributed by atoms with Gasteiger partial charge in [0, 0.05) is 16.8 Å². The zero-order valence-corrected chi connectivity index (χ0v) is 14.4. The third-order valence-corrected chi connectivity index (χ3v) is 4.73. The van der Waals surface area contributed by atoms with Crippen molar-refractivity contribution in [1.82, 2.24) is 9.55 Å². The number of fused-ring (bicyclic) bond motifs is 1. The molecule has 1 aromatic heterocycles. The van der Waals surface area contributed by atoms with Gasteiger partial charge in [0.25, 0.3) is 0 Å². The summed E-state index contributed by atoms with van der Waals surface area (Å²) in [6, 6.07) is 12.6. The third-order valence-electron chi connectivity index (χ3n) is 3.68. The molecule has 0 saturated carbocycles. The first-order valence-corrected chi connectivity index (χ1v) is 8.24. The maximum absolute atomic E-state index is 5.96. The fourth-order valence-corrected chi connectivity index (χ4v) is 3.12. The Hall–Kier alpha value is -1.32. The zero-order valence-electron chi connectivity index (χ0n) is 12.0. The standard InChI is InChI=1S/C17H16BrClN2/c1-11-6-7-16-14(10-11)20-17(8-9-19)21(16)15-5-3-4-13(18)12(15)2/h3-7,10H,8-9H2,1-2H3. The first-order chi connectivity index (χ1) is 10.1. The first-order valence-electron chi connectivity index (χ1n) is 6.91. The predicted octanol–water partition coefficient (Wildman–Crippen LogP) is 5.19. The Balaban J connectivity index is 2.33. The van der Waals surface area contributed by atoms with Crippen LogP contribution < -0.4 is 0 Å². The van der Waals surface area contributed by atoms with E-state index in [-0.39, 0.29) is 0 Å². The summed E-state index contributed by atoms with van der Waals surface area (Å²) in [7, 11) is 0. The van der Waals surface area contributed by atoms with Gasteiger partial charge in [-0.2, -0.15) is 0 Å². The van der Waals surface area contributed by atoms with Crippen molar-refractivity contribution in [3.05, 3.63) is 57.8 Å². The lowest BCUT2D eigenvalue weighted by Gasteiger charge is -2.13. The molecule has 1 heterocycles.